The van der Waals surface area contributed by atoms with E-state index in [2.05, 4.69) is 60.1 Å². The fraction of sp³-hybridized carbons (Fsp3) is 0.231. The van der Waals surface area contributed by atoms with E-state index in [-0.39, 0.29) is 11.1 Å². The largest absolute Gasteiger partial charge is 0.347 e. The molecule has 3 nitrogen and oxygen atoms in total. The van der Waals surface area contributed by atoms with Gasteiger partial charge in [0.25, 0.3) is 5.70 Å². The molecule has 1 aliphatic heterocycles. The Bertz CT molecular complexity index is 1110. The van der Waals surface area contributed by atoms with Crippen molar-refractivity contribution >= 4 is 11.3 Å². The monoisotopic (exact) mass is 377 g/mol. The average molecular weight is 377 g/mol. The van der Waals surface area contributed by atoms with E-state index in [0.29, 0.717) is 5.57 Å². The van der Waals surface area contributed by atoms with E-state index in [0.717, 1.165) is 24.8 Å². The summed E-state index contributed by atoms with van der Waals surface area (Å²) in [5, 5.41) is 9.47. The minimum absolute atomic E-state index is 0.0117. The van der Waals surface area contributed by atoms with Gasteiger partial charge in [0, 0.05) is 23.8 Å². The molecule has 0 amide bonds. The summed E-state index contributed by atoms with van der Waals surface area (Å²) in [6.07, 6.45) is 7.34. The van der Waals surface area contributed by atoms with Gasteiger partial charge in [-0.15, -0.1) is 0 Å². The van der Waals surface area contributed by atoms with Gasteiger partial charge in [-0.25, -0.2) is 10.1 Å². The van der Waals surface area contributed by atoms with Crippen LogP contribution >= 0.6 is 0 Å². The quantitative estimate of drug-likeness (QED) is 0.360. The van der Waals surface area contributed by atoms with Crippen LogP contribution in [-0.2, 0) is 5.41 Å². The number of benzene rings is 2. The van der Waals surface area contributed by atoms with Gasteiger partial charge < -0.3 is 4.90 Å². The number of rotatable bonds is 3. The molecule has 3 heteroatoms. The zero-order valence-corrected chi connectivity index (χ0v) is 16.8. The van der Waals surface area contributed by atoms with Crippen LogP contribution in [0.1, 0.15) is 37.3 Å². The van der Waals surface area contributed by atoms with Crippen molar-refractivity contribution in [2.45, 2.75) is 31.6 Å². The first-order valence-electron chi connectivity index (χ1n) is 9.92. The van der Waals surface area contributed by atoms with Crippen molar-refractivity contribution in [1.82, 2.24) is 0 Å². The Hall–Kier alpha value is -3.56. The molecule has 142 valence electrons. The van der Waals surface area contributed by atoms with Crippen molar-refractivity contribution < 1.29 is 0 Å². The molecule has 1 atom stereocenters. The number of hydrogen-bond acceptors (Lipinski definition) is 2. The van der Waals surface area contributed by atoms with Crippen molar-refractivity contribution in [2.75, 3.05) is 11.9 Å². The highest BCUT2D eigenvalue weighted by atomic mass is 15.2. The Balaban J connectivity index is 1.83. The van der Waals surface area contributed by atoms with E-state index in [1.54, 1.807) is 0 Å². The number of hydrogen-bond donors (Lipinski definition) is 0. The lowest BCUT2D eigenvalue weighted by molar-refractivity contribution is 0.467. The fourth-order valence-corrected chi connectivity index (χ4v) is 4.85. The summed E-state index contributed by atoms with van der Waals surface area (Å²) in [5.41, 5.74) is 7.00. The molecule has 2 aromatic rings. The first-order chi connectivity index (χ1) is 14.1. The third kappa shape index (κ3) is 3.06. The predicted molar refractivity (Wildman–Crippen MR) is 118 cm³/mol. The van der Waals surface area contributed by atoms with Gasteiger partial charge in [0.05, 0.1) is 12.6 Å². The van der Waals surface area contributed by atoms with E-state index < -0.39 is 0 Å². The van der Waals surface area contributed by atoms with E-state index in [9.17, 15) is 5.26 Å². The second-order valence-corrected chi connectivity index (χ2v) is 7.82. The number of likely N-dealkylation sites (N-methyl/N-ethyl adjacent to an activating group) is 1. The minimum atomic E-state index is 0.0117. The van der Waals surface area contributed by atoms with Gasteiger partial charge in [0.2, 0.25) is 0 Å². The van der Waals surface area contributed by atoms with Gasteiger partial charge in [-0.2, -0.15) is 0 Å². The van der Waals surface area contributed by atoms with Crippen LogP contribution in [0.2, 0.25) is 0 Å². The van der Waals surface area contributed by atoms with E-state index in [1.165, 1.54) is 22.5 Å². The number of fused-ring (bicyclic) bond motifs is 3. The second kappa shape index (κ2) is 7.46. The smallest absolute Gasteiger partial charge is 0.269 e. The standard InChI is InChI=1S/C26H23N3/c1-26-17-9-12-20(25(26)29(3)24-14-8-7-13-22(24)26)15-16-21(23(18-27)28-2)19-10-5-4-6-11-19/h4-8,10-11,13-16H,9,12,17H2,1,3H3/b16-15+,23-21+. The van der Waals surface area contributed by atoms with Crippen LogP contribution in [0.3, 0.4) is 0 Å². The summed E-state index contributed by atoms with van der Waals surface area (Å²) < 4.78 is 0. The van der Waals surface area contributed by atoms with Crippen LogP contribution in [0.4, 0.5) is 5.69 Å². The summed E-state index contributed by atoms with van der Waals surface area (Å²) in [6, 6.07) is 20.4. The van der Waals surface area contributed by atoms with Crippen LogP contribution in [-0.4, -0.2) is 7.05 Å². The zero-order valence-electron chi connectivity index (χ0n) is 16.8. The van der Waals surface area contributed by atoms with Crippen molar-refractivity contribution in [3.63, 3.8) is 0 Å². The molecule has 0 bridgehead atoms. The highest BCUT2D eigenvalue weighted by Crippen LogP contribution is 2.53. The van der Waals surface area contributed by atoms with Crippen LogP contribution < -0.4 is 4.90 Å². The number of para-hydroxylation sites is 1. The Morgan fingerprint density at radius 3 is 2.62 bits per heavy atom. The number of nitrogens with zero attached hydrogens (tertiary/aromatic N) is 3. The SMILES string of the molecule is [C-]#[N+]/C(C#N)=C(\C=C\C1=C2N(C)c3ccccc3C2(C)CCC1)c1ccccc1. The topological polar surface area (TPSA) is 31.4 Å². The molecule has 1 heterocycles. The normalized spacial score (nSPS) is 21.3. The lowest BCUT2D eigenvalue weighted by Gasteiger charge is -2.35. The van der Waals surface area contributed by atoms with Crippen LogP contribution in [0, 0.1) is 17.9 Å². The van der Waals surface area contributed by atoms with Crippen molar-refractivity contribution in [3.05, 3.63) is 106 Å². The average Bonchev–Trinajstić information content (AvgIpc) is 3.00. The predicted octanol–water partition coefficient (Wildman–Crippen LogP) is 6.24. The Labute approximate surface area is 172 Å². The molecule has 0 saturated carbocycles. The van der Waals surface area contributed by atoms with Gasteiger partial charge in [0.1, 0.15) is 0 Å². The number of anilines is 1. The summed E-state index contributed by atoms with van der Waals surface area (Å²) in [7, 11) is 2.15. The first-order valence-corrected chi connectivity index (χ1v) is 9.92. The lowest BCUT2D eigenvalue weighted by atomic mass is 9.72. The summed E-state index contributed by atoms with van der Waals surface area (Å²) in [6.45, 7) is 9.76. The third-order valence-electron chi connectivity index (χ3n) is 6.15. The molecule has 1 unspecified atom stereocenters. The van der Waals surface area contributed by atoms with Gasteiger partial charge in [-0.3, -0.25) is 0 Å². The molecule has 0 N–H and O–H groups in total. The summed E-state index contributed by atoms with van der Waals surface area (Å²) in [5.74, 6) is 0. The highest BCUT2D eigenvalue weighted by Gasteiger charge is 2.44. The van der Waals surface area contributed by atoms with Crippen LogP contribution in [0.5, 0.6) is 0 Å². The highest BCUT2D eigenvalue weighted by molar-refractivity contribution is 5.81. The maximum Gasteiger partial charge on any atom is 0.269 e. The number of nitriles is 1. The Morgan fingerprint density at radius 1 is 1.17 bits per heavy atom. The molecule has 1 aliphatic carbocycles. The Morgan fingerprint density at radius 2 is 1.90 bits per heavy atom. The van der Waals surface area contributed by atoms with Gasteiger partial charge >= 0.3 is 0 Å². The van der Waals surface area contributed by atoms with E-state index >= 15 is 0 Å². The van der Waals surface area contributed by atoms with Crippen molar-refractivity contribution in [2.24, 2.45) is 0 Å². The van der Waals surface area contributed by atoms with E-state index in [1.807, 2.05) is 36.4 Å². The van der Waals surface area contributed by atoms with Crippen molar-refractivity contribution in [1.29, 1.82) is 5.26 Å². The molecule has 0 fully saturated rings. The molecular weight excluding hydrogens is 354 g/mol. The molecule has 0 saturated heterocycles. The Kier molecular flexibility index (Phi) is 4.83. The molecular formula is C26H23N3. The molecule has 29 heavy (non-hydrogen) atoms. The maximum absolute atomic E-state index is 9.47. The van der Waals surface area contributed by atoms with Gasteiger partial charge in [0.15, 0.2) is 0 Å². The molecule has 2 aliphatic rings. The minimum Gasteiger partial charge on any atom is -0.347 e. The second-order valence-electron chi connectivity index (χ2n) is 7.82. The summed E-state index contributed by atoms with van der Waals surface area (Å²) in [4.78, 5) is 5.78. The molecule has 4 rings (SSSR count). The number of allylic oxidation sites excluding steroid dienone is 6. The molecule has 0 radical (unpaired) electrons. The fourth-order valence-electron chi connectivity index (χ4n) is 4.85. The molecule has 0 spiro atoms. The first kappa shape index (κ1) is 18.8. The third-order valence-corrected chi connectivity index (χ3v) is 6.15. The zero-order chi connectivity index (χ0) is 20.4. The maximum atomic E-state index is 9.47. The van der Waals surface area contributed by atoms with E-state index in [4.69, 9.17) is 6.57 Å². The van der Waals surface area contributed by atoms with Gasteiger partial charge in [-0.1, -0.05) is 60.7 Å². The van der Waals surface area contributed by atoms with Crippen LogP contribution in [0.15, 0.2) is 83.7 Å². The lowest BCUT2D eigenvalue weighted by Crippen LogP contribution is -2.30. The van der Waals surface area contributed by atoms with Gasteiger partial charge in [-0.05, 0) is 54.5 Å². The van der Waals surface area contributed by atoms with Crippen LogP contribution in [0.25, 0.3) is 10.4 Å². The summed E-state index contributed by atoms with van der Waals surface area (Å²) >= 11 is 0. The molecule has 0 aromatic heterocycles. The van der Waals surface area contributed by atoms with Crippen molar-refractivity contribution in [3.8, 4) is 6.07 Å². The molecule has 2 aromatic carbocycles.